The third-order valence-electron chi connectivity index (χ3n) is 3.22. The van der Waals surface area contributed by atoms with Crippen LogP contribution in [0.5, 0.6) is 5.75 Å². The van der Waals surface area contributed by atoms with Gasteiger partial charge in [0.2, 0.25) is 0 Å². The van der Waals surface area contributed by atoms with Crippen LogP contribution in [0.2, 0.25) is 0 Å². The monoisotopic (exact) mass is 267 g/mol. The van der Waals surface area contributed by atoms with Gasteiger partial charge in [0.05, 0.1) is 7.11 Å². The number of hydrogen-bond acceptors (Lipinski definition) is 2. The van der Waals surface area contributed by atoms with E-state index in [9.17, 15) is 0 Å². The minimum Gasteiger partial charge on any atom is -0.497 e. The van der Waals surface area contributed by atoms with E-state index in [2.05, 4.69) is 26.7 Å². The Kier molecular flexibility index (Phi) is 7.31. The van der Waals surface area contributed by atoms with Crippen molar-refractivity contribution in [3.8, 4) is 5.75 Å². The largest absolute Gasteiger partial charge is 0.497 e. The molecule has 2 unspecified atom stereocenters. The molecule has 18 heavy (non-hydrogen) atoms. The third kappa shape index (κ3) is 4.59. The van der Waals surface area contributed by atoms with Crippen LogP contribution < -0.4 is 10.1 Å². The predicted octanol–water partition coefficient (Wildman–Crippen LogP) is 4.13. The quantitative estimate of drug-likeness (QED) is 0.828. The van der Waals surface area contributed by atoms with Crippen molar-refractivity contribution in [2.45, 2.75) is 51.4 Å². The summed E-state index contributed by atoms with van der Waals surface area (Å²) in [6.45, 7) is 4.00. The summed E-state index contributed by atoms with van der Waals surface area (Å²) < 4.78 is 5.24. The summed E-state index contributed by atoms with van der Waals surface area (Å²) in [6, 6.07) is 8.95. The topological polar surface area (TPSA) is 21.3 Å². The summed E-state index contributed by atoms with van der Waals surface area (Å²) in [7, 11) is 4.59. The van der Waals surface area contributed by atoms with Gasteiger partial charge >= 0.3 is 0 Å². The van der Waals surface area contributed by atoms with E-state index >= 15 is 0 Å². The Morgan fingerprint density at radius 3 is 2.56 bits per heavy atom. The van der Waals surface area contributed by atoms with E-state index in [-0.39, 0.29) is 0 Å². The van der Waals surface area contributed by atoms with Gasteiger partial charge in [0.15, 0.2) is 0 Å². The summed E-state index contributed by atoms with van der Waals surface area (Å²) in [6.07, 6.45) is 5.37. The maximum absolute atomic E-state index is 5.24. The zero-order valence-electron chi connectivity index (χ0n) is 11.8. The molecule has 0 saturated heterocycles. The molecule has 1 aliphatic rings. The van der Waals surface area contributed by atoms with E-state index in [1.807, 2.05) is 26.0 Å². The average molecular weight is 267 g/mol. The first-order valence-corrected chi connectivity index (χ1v) is 7.62. The molecule has 0 heterocycles. The van der Waals surface area contributed by atoms with E-state index in [1.54, 1.807) is 7.11 Å². The van der Waals surface area contributed by atoms with E-state index in [4.69, 9.17) is 4.74 Å². The highest BCUT2D eigenvalue weighted by molar-refractivity contribution is 7.17. The summed E-state index contributed by atoms with van der Waals surface area (Å²) in [5.41, 5.74) is 1.27. The van der Waals surface area contributed by atoms with E-state index in [1.165, 1.54) is 31.2 Å². The second-order valence-corrected chi connectivity index (χ2v) is 5.07. The lowest BCUT2D eigenvalue weighted by Crippen LogP contribution is -2.27. The van der Waals surface area contributed by atoms with Crippen molar-refractivity contribution in [1.29, 1.82) is 0 Å². The molecule has 1 aliphatic carbocycles. The number of methoxy groups -OCH3 is 1. The number of hydrogen-bond donors (Lipinski definition) is 1. The molecule has 2 atom stereocenters. The minimum absolute atomic E-state index is 0.332. The van der Waals surface area contributed by atoms with Gasteiger partial charge in [-0.15, -0.1) is 9.24 Å². The number of benzene rings is 1. The lowest BCUT2D eigenvalue weighted by Gasteiger charge is -2.19. The minimum atomic E-state index is 0.332. The summed E-state index contributed by atoms with van der Waals surface area (Å²) >= 11 is 0. The highest BCUT2D eigenvalue weighted by atomic mass is 31.0. The maximum atomic E-state index is 5.24. The fourth-order valence-corrected chi connectivity index (χ4v) is 2.76. The van der Waals surface area contributed by atoms with Crippen LogP contribution in [0.25, 0.3) is 0 Å². The van der Waals surface area contributed by atoms with Gasteiger partial charge in [0.1, 0.15) is 5.75 Å². The molecule has 1 fully saturated rings. The fourth-order valence-electron chi connectivity index (χ4n) is 2.28. The second kappa shape index (κ2) is 8.50. The molecule has 3 heteroatoms. The van der Waals surface area contributed by atoms with Crippen molar-refractivity contribution in [1.82, 2.24) is 5.32 Å². The van der Waals surface area contributed by atoms with E-state index in [0.717, 1.165) is 5.75 Å². The molecule has 2 rings (SSSR count). The van der Waals surface area contributed by atoms with Crippen molar-refractivity contribution in [2.75, 3.05) is 7.11 Å². The van der Waals surface area contributed by atoms with Gasteiger partial charge < -0.3 is 10.1 Å². The van der Waals surface area contributed by atoms with Gasteiger partial charge in [-0.3, -0.25) is 0 Å². The average Bonchev–Trinajstić information content (AvgIpc) is 2.94. The molecule has 0 aromatic heterocycles. The zero-order valence-corrected chi connectivity index (χ0v) is 12.9. The number of rotatable bonds is 4. The third-order valence-corrected chi connectivity index (χ3v) is 3.80. The fraction of sp³-hybridized carbons (Fsp3) is 0.600. The Hall–Kier alpha value is -0.590. The molecule has 0 aliphatic heterocycles. The predicted molar refractivity (Wildman–Crippen MR) is 82.2 cm³/mol. The highest BCUT2D eigenvalue weighted by Gasteiger charge is 2.17. The Bertz CT molecular complexity index is 337. The lowest BCUT2D eigenvalue weighted by molar-refractivity contribution is 0.413. The van der Waals surface area contributed by atoms with Crippen LogP contribution in [0.1, 0.15) is 50.9 Å². The maximum Gasteiger partial charge on any atom is 0.119 e. The molecule has 0 radical (unpaired) electrons. The van der Waals surface area contributed by atoms with Crippen LogP contribution in [0.15, 0.2) is 24.3 Å². The first kappa shape index (κ1) is 15.5. The molecular formula is C15H26NOP. The first-order valence-electron chi connectivity index (χ1n) is 6.95. The van der Waals surface area contributed by atoms with Crippen molar-refractivity contribution in [2.24, 2.45) is 0 Å². The summed E-state index contributed by atoms with van der Waals surface area (Å²) in [5, 5.41) is 3.65. The smallest absolute Gasteiger partial charge is 0.119 e. The Morgan fingerprint density at radius 1 is 1.28 bits per heavy atom. The highest BCUT2D eigenvalue weighted by Crippen LogP contribution is 2.27. The number of nitrogens with one attached hydrogen (secondary N) is 1. The zero-order chi connectivity index (χ0) is 13.4. The molecule has 0 bridgehead atoms. The molecule has 0 spiro atoms. The molecular weight excluding hydrogens is 241 g/mol. The SMILES string of the molecule is CC.COc1cccc(C(P)NC2CCCC2)c1. The first-order chi connectivity index (χ1) is 8.79. The molecule has 1 saturated carbocycles. The normalized spacial score (nSPS) is 16.9. The van der Waals surface area contributed by atoms with Crippen LogP contribution in [-0.4, -0.2) is 13.2 Å². The molecule has 2 nitrogen and oxygen atoms in total. The van der Waals surface area contributed by atoms with Gasteiger partial charge in [-0.25, -0.2) is 0 Å². The molecule has 1 N–H and O–H groups in total. The molecule has 1 aromatic carbocycles. The molecule has 0 amide bonds. The summed E-state index contributed by atoms with van der Waals surface area (Å²) in [5.74, 6) is 1.26. The number of ether oxygens (including phenoxy) is 1. The Balaban J connectivity index is 0.000000771. The van der Waals surface area contributed by atoms with Gasteiger partial charge in [-0.2, -0.15) is 0 Å². The van der Waals surface area contributed by atoms with Crippen LogP contribution in [0.4, 0.5) is 0 Å². The van der Waals surface area contributed by atoms with Crippen LogP contribution in [0.3, 0.4) is 0 Å². The lowest BCUT2D eigenvalue weighted by atomic mass is 10.2. The molecule has 1 aromatic rings. The van der Waals surface area contributed by atoms with E-state index in [0.29, 0.717) is 11.8 Å². The Labute approximate surface area is 114 Å². The van der Waals surface area contributed by atoms with Crippen LogP contribution in [0, 0.1) is 0 Å². The van der Waals surface area contributed by atoms with Crippen molar-refractivity contribution < 1.29 is 4.74 Å². The molecule has 102 valence electrons. The van der Waals surface area contributed by atoms with Crippen molar-refractivity contribution in [3.63, 3.8) is 0 Å². The van der Waals surface area contributed by atoms with Gasteiger partial charge in [-0.05, 0) is 30.5 Å². The van der Waals surface area contributed by atoms with Gasteiger partial charge in [0, 0.05) is 11.8 Å². The van der Waals surface area contributed by atoms with Crippen molar-refractivity contribution >= 4 is 9.24 Å². The Morgan fingerprint density at radius 2 is 1.94 bits per heavy atom. The standard InChI is InChI=1S/C13H20NOP.C2H6/c1-15-12-8-4-5-10(9-12)13(16)14-11-6-2-3-7-11;1-2/h4-5,8-9,11,13-14H,2-3,6-7,16H2,1H3;1-2H3. The second-order valence-electron chi connectivity index (χ2n) is 4.40. The van der Waals surface area contributed by atoms with E-state index < -0.39 is 0 Å². The van der Waals surface area contributed by atoms with Crippen LogP contribution >= 0.6 is 9.24 Å². The van der Waals surface area contributed by atoms with Gasteiger partial charge in [-0.1, -0.05) is 38.8 Å². The van der Waals surface area contributed by atoms with Crippen LogP contribution in [-0.2, 0) is 0 Å². The van der Waals surface area contributed by atoms with Gasteiger partial charge in [0.25, 0.3) is 0 Å². The van der Waals surface area contributed by atoms with Crippen molar-refractivity contribution in [3.05, 3.63) is 29.8 Å². The summed E-state index contributed by atoms with van der Waals surface area (Å²) in [4.78, 5) is 0.